The van der Waals surface area contributed by atoms with Crippen molar-refractivity contribution in [2.45, 2.75) is 140 Å². The molecule has 3 aliphatic rings. The molecule has 176 valence electrons. The zero-order valence-corrected chi connectivity index (χ0v) is 22.1. The number of thioether (sulfide) groups is 2. The summed E-state index contributed by atoms with van der Waals surface area (Å²) >= 11 is 4.80. The zero-order valence-electron chi connectivity index (χ0n) is 20.4. The van der Waals surface area contributed by atoms with Crippen LogP contribution in [0.5, 0.6) is 0 Å². The smallest absolute Gasteiger partial charge is 0.0166 e. The first kappa shape index (κ1) is 25.3. The van der Waals surface area contributed by atoms with Crippen LogP contribution in [0.25, 0.3) is 0 Å². The first-order chi connectivity index (χ1) is 14.8. The Morgan fingerprint density at radius 1 is 0.500 bits per heavy atom. The lowest BCUT2D eigenvalue weighted by Crippen LogP contribution is -2.30. The number of hydrogen-bond donors (Lipinski definition) is 0. The average Bonchev–Trinajstić information content (AvgIpc) is 2.90. The van der Waals surface area contributed by atoms with Crippen LogP contribution in [0.15, 0.2) is 0 Å². The Labute approximate surface area is 198 Å². The standard InChI is InChI=1S/C28H52S2/c1-3-25(23-15-11-7-5-8-12-16-23)26(4-2)24-19-21-29-27-17-13-9-6-10-14-18-28(27)30-22-20-24/h23-28H,3-22H2,1-2H3. The van der Waals surface area contributed by atoms with Gasteiger partial charge in [-0.05, 0) is 60.9 Å². The highest BCUT2D eigenvalue weighted by molar-refractivity contribution is 8.03. The van der Waals surface area contributed by atoms with Gasteiger partial charge < -0.3 is 0 Å². The molecule has 0 bridgehead atoms. The maximum absolute atomic E-state index is 2.53. The molecule has 0 aromatic heterocycles. The van der Waals surface area contributed by atoms with E-state index in [0.717, 1.165) is 34.2 Å². The van der Waals surface area contributed by atoms with Crippen LogP contribution in [0.4, 0.5) is 0 Å². The van der Waals surface area contributed by atoms with Gasteiger partial charge in [0.25, 0.3) is 0 Å². The molecule has 1 aliphatic heterocycles. The fraction of sp³-hybridized carbons (Fsp3) is 1.00. The normalized spacial score (nSPS) is 33.2. The van der Waals surface area contributed by atoms with Gasteiger partial charge in [-0.15, -0.1) is 0 Å². The third-order valence-electron chi connectivity index (χ3n) is 8.89. The number of hydrogen-bond acceptors (Lipinski definition) is 2. The molecule has 3 rings (SSSR count). The number of rotatable bonds is 5. The van der Waals surface area contributed by atoms with Gasteiger partial charge in [-0.3, -0.25) is 0 Å². The zero-order chi connectivity index (χ0) is 21.0. The van der Waals surface area contributed by atoms with Gasteiger partial charge in [-0.25, -0.2) is 0 Å². The maximum Gasteiger partial charge on any atom is 0.0166 e. The Hall–Kier alpha value is 0.700. The van der Waals surface area contributed by atoms with Crippen molar-refractivity contribution in [2.75, 3.05) is 11.5 Å². The van der Waals surface area contributed by atoms with E-state index in [1.807, 2.05) is 0 Å². The minimum Gasteiger partial charge on any atom is -0.157 e. The van der Waals surface area contributed by atoms with E-state index in [0.29, 0.717) is 0 Å². The molecule has 0 aromatic carbocycles. The highest BCUT2D eigenvalue weighted by atomic mass is 32.2. The van der Waals surface area contributed by atoms with Crippen LogP contribution in [0, 0.1) is 23.7 Å². The van der Waals surface area contributed by atoms with Crippen LogP contribution >= 0.6 is 23.5 Å². The van der Waals surface area contributed by atoms with Gasteiger partial charge in [0.1, 0.15) is 0 Å². The Morgan fingerprint density at radius 3 is 1.30 bits per heavy atom. The van der Waals surface area contributed by atoms with Crippen LogP contribution in [0.3, 0.4) is 0 Å². The Kier molecular flexibility index (Phi) is 12.5. The highest BCUT2D eigenvalue weighted by Crippen LogP contribution is 2.44. The fourth-order valence-corrected chi connectivity index (χ4v) is 10.5. The molecular weight excluding hydrogens is 400 g/mol. The predicted molar refractivity (Wildman–Crippen MR) is 141 cm³/mol. The maximum atomic E-state index is 2.53. The van der Waals surface area contributed by atoms with E-state index in [-0.39, 0.29) is 0 Å². The van der Waals surface area contributed by atoms with E-state index in [2.05, 4.69) is 37.4 Å². The molecule has 30 heavy (non-hydrogen) atoms. The van der Waals surface area contributed by atoms with E-state index in [4.69, 9.17) is 0 Å². The molecule has 4 unspecified atom stereocenters. The van der Waals surface area contributed by atoms with Crippen molar-refractivity contribution in [3.8, 4) is 0 Å². The summed E-state index contributed by atoms with van der Waals surface area (Å²) in [4.78, 5) is 0. The molecule has 0 N–H and O–H groups in total. The highest BCUT2D eigenvalue weighted by Gasteiger charge is 2.34. The third kappa shape index (κ3) is 7.93. The molecular formula is C28H52S2. The fourth-order valence-electron chi connectivity index (χ4n) is 7.18. The summed E-state index contributed by atoms with van der Waals surface area (Å²) in [5.41, 5.74) is 0. The lowest BCUT2D eigenvalue weighted by Gasteiger charge is -2.38. The van der Waals surface area contributed by atoms with E-state index >= 15 is 0 Å². The molecule has 0 amide bonds. The first-order valence-electron chi connectivity index (χ1n) is 14.1. The third-order valence-corrected chi connectivity index (χ3v) is 12.0. The quantitative estimate of drug-likeness (QED) is 0.407. The SMILES string of the molecule is CCC(C1CCCCCCC1)C(CC)C1CCSC2CCCCCCCC2SCC1. The second-order valence-corrected chi connectivity index (χ2v) is 13.4. The van der Waals surface area contributed by atoms with Gasteiger partial charge in [0.15, 0.2) is 0 Å². The summed E-state index contributed by atoms with van der Waals surface area (Å²) in [5, 5.41) is 1.92. The molecule has 2 saturated carbocycles. The molecule has 1 saturated heterocycles. The molecule has 3 fully saturated rings. The molecule has 0 spiro atoms. The lowest BCUT2D eigenvalue weighted by molar-refractivity contribution is 0.123. The average molecular weight is 453 g/mol. The van der Waals surface area contributed by atoms with Crippen LogP contribution in [0.1, 0.15) is 129 Å². The van der Waals surface area contributed by atoms with Crippen molar-refractivity contribution in [1.82, 2.24) is 0 Å². The van der Waals surface area contributed by atoms with Crippen molar-refractivity contribution in [3.05, 3.63) is 0 Å². The molecule has 0 aromatic rings. The molecule has 0 nitrogen and oxygen atoms in total. The molecule has 4 atom stereocenters. The summed E-state index contributed by atoms with van der Waals surface area (Å²) in [7, 11) is 0. The summed E-state index contributed by atoms with van der Waals surface area (Å²) in [6.07, 6.45) is 27.0. The van der Waals surface area contributed by atoms with Gasteiger partial charge in [0.2, 0.25) is 0 Å². The Balaban J connectivity index is 1.62. The monoisotopic (exact) mass is 452 g/mol. The topological polar surface area (TPSA) is 0 Å². The van der Waals surface area contributed by atoms with E-state index in [9.17, 15) is 0 Å². The lowest BCUT2D eigenvalue weighted by atomic mass is 9.68. The largest absolute Gasteiger partial charge is 0.157 e. The molecule has 0 radical (unpaired) electrons. The van der Waals surface area contributed by atoms with E-state index in [1.54, 1.807) is 0 Å². The van der Waals surface area contributed by atoms with Gasteiger partial charge in [0.05, 0.1) is 0 Å². The summed E-state index contributed by atoms with van der Waals surface area (Å²) < 4.78 is 0. The molecule has 2 aliphatic carbocycles. The van der Waals surface area contributed by atoms with E-state index in [1.165, 1.54) is 127 Å². The second kappa shape index (κ2) is 14.8. The second-order valence-electron chi connectivity index (χ2n) is 10.8. The Bertz CT molecular complexity index is 408. The summed E-state index contributed by atoms with van der Waals surface area (Å²) in [6.45, 7) is 5.05. The van der Waals surface area contributed by atoms with Gasteiger partial charge in [-0.1, -0.05) is 104 Å². The van der Waals surface area contributed by atoms with Crippen molar-refractivity contribution < 1.29 is 0 Å². The first-order valence-corrected chi connectivity index (χ1v) is 16.2. The van der Waals surface area contributed by atoms with Crippen LogP contribution in [-0.4, -0.2) is 22.0 Å². The Morgan fingerprint density at radius 2 is 0.867 bits per heavy atom. The van der Waals surface area contributed by atoms with Crippen molar-refractivity contribution >= 4 is 23.5 Å². The summed E-state index contributed by atoms with van der Waals surface area (Å²) in [6, 6.07) is 0. The van der Waals surface area contributed by atoms with Crippen LogP contribution in [0.2, 0.25) is 0 Å². The molecule has 2 heteroatoms. The van der Waals surface area contributed by atoms with Gasteiger partial charge in [0, 0.05) is 10.5 Å². The van der Waals surface area contributed by atoms with Crippen molar-refractivity contribution in [3.63, 3.8) is 0 Å². The molecule has 1 heterocycles. The van der Waals surface area contributed by atoms with Crippen molar-refractivity contribution in [2.24, 2.45) is 23.7 Å². The van der Waals surface area contributed by atoms with Crippen LogP contribution < -0.4 is 0 Å². The minimum atomic E-state index is 0.958. The summed E-state index contributed by atoms with van der Waals surface area (Å²) in [5.74, 6) is 6.93. The predicted octanol–water partition coefficient (Wildman–Crippen LogP) is 9.76. The van der Waals surface area contributed by atoms with Gasteiger partial charge in [-0.2, -0.15) is 23.5 Å². The van der Waals surface area contributed by atoms with Gasteiger partial charge >= 0.3 is 0 Å². The minimum absolute atomic E-state index is 0.958. The van der Waals surface area contributed by atoms with E-state index < -0.39 is 0 Å². The van der Waals surface area contributed by atoms with Crippen LogP contribution in [-0.2, 0) is 0 Å². The number of fused-ring (bicyclic) bond motifs is 1. The van der Waals surface area contributed by atoms with Crippen molar-refractivity contribution in [1.29, 1.82) is 0 Å².